The van der Waals surface area contributed by atoms with E-state index in [-0.39, 0.29) is 55.9 Å². The van der Waals surface area contributed by atoms with Gasteiger partial charge in [0.1, 0.15) is 47.3 Å². The highest BCUT2D eigenvalue weighted by Crippen LogP contribution is 2.40. The Hall–Kier alpha value is -5.30. The molecule has 2 saturated heterocycles. The summed E-state index contributed by atoms with van der Waals surface area (Å²) in [6.45, 7) is 14.7. The molecule has 19 heteroatoms. The molecule has 14 atom stereocenters. The summed E-state index contributed by atoms with van der Waals surface area (Å²) in [5, 5.41) is 39.1. The minimum Gasteiger partial charge on any atom is -0.461 e. The molecule has 2 aliphatic heterocycles. The highest BCUT2D eigenvalue weighted by atomic mass is 16.7. The number of fused-ring (bicyclic) bond motifs is 1. The molecule has 2 fully saturated rings. The Morgan fingerprint density at radius 1 is 1.03 bits per heavy atom. The van der Waals surface area contributed by atoms with Crippen molar-refractivity contribution in [3.63, 3.8) is 0 Å². The predicted molar refractivity (Wildman–Crippen MR) is 277 cm³/mol. The summed E-state index contributed by atoms with van der Waals surface area (Å²) in [7, 11) is 7.23. The van der Waals surface area contributed by atoms with E-state index in [0.717, 1.165) is 0 Å². The number of primary amides is 1. The fourth-order valence-corrected chi connectivity index (χ4v) is 10.5. The maximum absolute atomic E-state index is 14.5. The molecule has 1 aromatic carbocycles. The predicted octanol–water partition coefficient (Wildman–Crippen LogP) is 3.09. The number of nitrogens with two attached hydrogens (primary N) is 1. The second-order valence-electron chi connectivity index (χ2n) is 21.1. The zero-order valence-corrected chi connectivity index (χ0v) is 45.2. The number of rotatable bonds is 14. The fourth-order valence-electron chi connectivity index (χ4n) is 10.5. The summed E-state index contributed by atoms with van der Waals surface area (Å²) >= 11 is 0. The number of esters is 3. The number of aliphatic hydroxyl groups is 3. The van der Waals surface area contributed by atoms with Crippen molar-refractivity contribution in [3.05, 3.63) is 75.8 Å². The Bertz CT molecular complexity index is 2530. The van der Waals surface area contributed by atoms with E-state index >= 15 is 0 Å². The van der Waals surface area contributed by atoms with Gasteiger partial charge in [-0.3, -0.25) is 29.0 Å². The molecule has 2 aliphatic rings. The van der Waals surface area contributed by atoms with Crippen LogP contribution in [0.25, 0.3) is 10.9 Å². The summed E-state index contributed by atoms with van der Waals surface area (Å²) in [4.78, 5) is 75.7. The zero-order chi connectivity index (χ0) is 54.8. The molecule has 0 unspecified atom stereocenters. The van der Waals surface area contributed by atoms with Crippen molar-refractivity contribution in [2.45, 2.75) is 160 Å². The fraction of sp³-hybridized carbons (Fsp3) is 0.636. The number of benzene rings is 1. The van der Waals surface area contributed by atoms with Crippen molar-refractivity contribution in [1.29, 1.82) is 0 Å². The Kier molecular flexibility index (Phi) is 20.9. The highest BCUT2D eigenvalue weighted by molar-refractivity contribution is 5.96. The van der Waals surface area contributed by atoms with Gasteiger partial charge in [-0.15, -0.1) is 0 Å². The van der Waals surface area contributed by atoms with Crippen molar-refractivity contribution in [3.8, 4) is 11.8 Å². The van der Waals surface area contributed by atoms with Crippen LogP contribution in [-0.4, -0.2) is 165 Å². The van der Waals surface area contributed by atoms with Crippen LogP contribution in [0.15, 0.2) is 53.6 Å². The van der Waals surface area contributed by atoms with Crippen molar-refractivity contribution in [2.24, 2.45) is 30.5 Å². The molecule has 408 valence electrons. The number of hydrogen-bond acceptors (Lipinski definition) is 17. The number of cyclic esters (lactones) is 1. The lowest BCUT2D eigenvalue weighted by molar-refractivity contribution is -0.301. The lowest BCUT2D eigenvalue weighted by atomic mass is 9.77. The van der Waals surface area contributed by atoms with Crippen LogP contribution >= 0.6 is 0 Å². The number of amides is 1. The van der Waals surface area contributed by atoms with Crippen molar-refractivity contribution >= 4 is 34.7 Å². The monoisotopic (exact) mass is 1030 g/mol. The van der Waals surface area contributed by atoms with E-state index in [4.69, 9.17) is 29.4 Å². The van der Waals surface area contributed by atoms with Crippen LogP contribution in [0.5, 0.6) is 0 Å². The molecule has 1 amide bonds. The molecule has 0 saturated carbocycles. The van der Waals surface area contributed by atoms with Crippen LogP contribution in [0, 0.1) is 29.6 Å². The van der Waals surface area contributed by atoms with Gasteiger partial charge >= 0.3 is 17.9 Å². The average Bonchev–Trinajstić information content (AvgIpc) is 3.34. The van der Waals surface area contributed by atoms with Crippen LogP contribution in [0.2, 0.25) is 0 Å². The molecular formula is C55H80N6O13. The van der Waals surface area contributed by atoms with Crippen LogP contribution in [-0.2, 0) is 51.5 Å². The number of nitrogens with one attached hydrogen (secondary N) is 1. The lowest BCUT2D eigenvalue weighted by Gasteiger charge is -2.48. The first-order valence-corrected chi connectivity index (χ1v) is 25.7. The number of carbonyl (C=O) groups is 4. The summed E-state index contributed by atoms with van der Waals surface area (Å²) in [5.41, 5.74) is 3.02. The van der Waals surface area contributed by atoms with Gasteiger partial charge in [0.25, 0.3) is 5.91 Å². The van der Waals surface area contributed by atoms with Gasteiger partial charge < -0.3 is 64.4 Å². The lowest BCUT2D eigenvalue weighted by Crippen LogP contribution is -2.60. The molecule has 19 nitrogen and oxygen atoms in total. The van der Waals surface area contributed by atoms with Gasteiger partial charge in [0, 0.05) is 74.4 Å². The number of carbonyl (C=O) groups excluding carboxylic acids is 4. The summed E-state index contributed by atoms with van der Waals surface area (Å²) in [5.74, 6) is 0.739. The Labute approximate surface area is 435 Å². The molecule has 3 aromatic rings. The first-order chi connectivity index (χ1) is 34.8. The van der Waals surface area contributed by atoms with Crippen molar-refractivity contribution in [2.75, 3.05) is 40.8 Å². The summed E-state index contributed by atoms with van der Waals surface area (Å²) < 4.78 is 33.9. The topological polar surface area (TPSA) is 255 Å². The number of hydrogen-bond donors (Lipinski definition) is 5. The maximum Gasteiger partial charge on any atom is 0.312 e. The van der Waals surface area contributed by atoms with Crippen molar-refractivity contribution < 1.29 is 58.2 Å². The standard InChI is InChI=1S/C55H80N6O13/c1-13-43-55(8,69)49(66)36(6)60(11)30-32(2)29-54(7,74-44(62)22-25-57-23-16-14-18-37-20-21-41-39(27-37)46(64)40(51(56)67)31-61(41)12)50(73-53-47(65)42(59(9)10)26-33(3)70-53)34(4)48(35(5)52(68)71-43)72-45(63)28-38-19-15-17-24-58-38/h15,17,19-21,24,27,31-36,42-43,47-50,53,57,65-66,69H,13,16,22-23,25-26,28-30H2,1-12H3,(H2,56,67)/t32-,33-,34+,35-,36-,42+,43-,47-,48+,49-,50-,53+,54-,55-/m1/s1. The number of aryl methyl sites for hydroxylation is 1. The van der Waals surface area contributed by atoms with E-state index in [9.17, 15) is 39.3 Å². The van der Waals surface area contributed by atoms with Crippen molar-refractivity contribution in [1.82, 2.24) is 24.7 Å². The molecular weight excluding hydrogens is 953 g/mol. The van der Waals surface area contributed by atoms with Crippen LogP contribution < -0.4 is 16.5 Å². The quantitative estimate of drug-likeness (QED) is 0.0673. The van der Waals surface area contributed by atoms with E-state index in [2.05, 4.69) is 22.1 Å². The molecule has 2 aromatic heterocycles. The smallest absolute Gasteiger partial charge is 0.312 e. The Morgan fingerprint density at radius 3 is 2.39 bits per heavy atom. The third-order valence-electron chi connectivity index (χ3n) is 14.7. The molecule has 74 heavy (non-hydrogen) atoms. The summed E-state index contributed by atoms with van der Waals surface area (Å²) in [6, 6.07) is 9.27. The van der Waals surface area contributed by atoms with Gasteiger partial charge in [-0.1, -0.05) is 38.7 Å². The molecule has 4 heterocycles. The largest absolute Gasteiger partial charge is 0.461 e. The molecule has 0 radical (unpaired) electrons. The second kappa shape index (κ2) is 26.0. The number of ether oxygens (including phenoxy) is 5. The minimum absolute atomic E-state index is 0.0845. The van der Waals surface area contributed by atoms with Gasteiger partial charge in [0.2, 0.25) is 5.43 Å². The number of pyridine rings is 2. The average molecular weight is 1030 g/mol. The molecule has 0 bridgehead atoms. The second-order valence-corrected chi connectivity index (χ2v) is 21.1. The van der Waals surface area contributed by atoms with Gasteiger partial charge in [-0.25, -0.2) is 0 Å². The highest BCUT2D eigenvalue weighted by Gasteiger charge is 2.53. The van der Waals surface area contributed by atoms with E-state index in [1.54, 1.807) is 95.9 Å². The molecule has 6 N–H and O–H groups in total. The molecule has 0 aliphatic carbocycles. The van der Waals surface area contributed by atoms with Crippen LogP contribution in [0.1, 0.15) is 109 Å². The maximum atomic E-state index is 14.5. The van der Waals surface area contributed by atoms with Crippen LogP contribution in [0.3, 0.4) is 0 Å². The van der Waals surface area contributed by atoms with Gasteiger partial charge in [-0.2, -0.15) is 0 Å². The summed E-state index contributed by atoms with van der Waals surface area (Å²) in [6.07, 6.45) is -4.05. The third-order valence-corrected chi connectivity index (χ3v) is 14.7. The number of nitrogens with zero attached hydrogens (tertiary/aromatic N) is 4. The van der Waals surface area contributed by atoms with E-state index < -0.39 is 95.1 Å². The van der Waals surface area contributed by atoms with E-state index in [1.807, 2.05) is 37.7 Å². The Balaban J connectivity index is 1.48. The normalized spacial score (nSPS) is 31.6. The number of likely N-dealkylation sites (N-methyl/N-ethyl adjacent to an activating group) is 2. The van der Waals surface area contributed by atoms with Gasteiger partial charge in [0.05, 0.1) is 36.1 Å². The molecule has 5 rings (SSSR count). The zero-order valence-electron chi connectivity index (χ0n) is 45.2. The SMILES string of the molecule is CC[C@H]1OC(=O)[C@H](C)[C@@H](OC(=O)Cc2ccccn2)[C@H](C)[C@@H](O[C@@H]2O[C@H](C)C[C@H](N(C)C)[C@H]2O)[C@](C)(OC(=O)CCNCCC#Cc2ccc3c(c2)c(=O)c(C(N)=O)cn3C)C[C@@H](C)CN(C)[C@H](C)[C@@H](O)[C@]1(C)O. The van der Waals surface area contributed by atoms with Gasteiger partial charge in [0.15, 0.2) is 6.29 Å². The van der Waals surface area contributed by atoms with Crippen LogP contribution in [0.4, 0.5) is 0 Å². The first kappa shape index (κ1) is 59.6. The van der Waals surface area contributed by atoms with Gasteiger partial charge in [-0.05, 0) is 111 Å². The number of aromatic nitrogens is 2. The first-order valence-electron chi connectivity index (χ1n) is 25.7. The Morgan fingerprint density at radius 2 is 1.74 bits per heavy atom. The van der Waals surface area contributed by atoms with E-state index in [1.165, 1.54) is 13.1 Å². The third kappa shape index (κ3) is 14.8. The van der Waals surface area contributed by atoms with E-state index in [0.29, 0.717) is 48.1 Å². The minimum atomic E-state index is -1.90. The molecule has 0 spiro atoms. The number of aliphatic hydroxyl groups excluding tert-OH is 2.